The molecule has 1 fully saturated rings. The third kappa shape index (κ3) is 2.60. The summed E-state index contributed by atoms with van der Waals surface area (Å²) in [6.07, 6.45) is 3.35. The molecule has 1 aliphatic carbocycles. The second kappa shape index (κ2) is 4.40. The number of amides is 1. The first-order valence-corrected chi connectivity index (χ1v) is 6.09. The molecule has 0 bridgehead atoms. The molecule has 3 nitrogen and oxygen atoms in total. The first kappa shape index (κ1) is 12.0. The number of carbonyl (C=O) groups is 1. The van der Waals surface area contributed by atoms with Gasteiger partial charge in [0, 0.05) is 11.6 Å². The number of phenolic OH excluding ortho intramolecular Hbond substituents is 1. The lowest BCUT2D eigenvalue weighted by molar-refractivity contribution is 0.0909. The Morgan fingerprint density at radius 3 is 2.82 bits per heavy atom. The third-order valence-corrected chi connectivity index (χ3v) is 3.67. The van der Waals surface area contributed by atoms with Crippen LogP contribution in [-0.4, -0.2) is 17.1 Å². The van der Waals surface area contributed by atoms with Gasteiger partial charge >= 0.3 is 0 Å². The van der Waals surface area contributed by atoms with Crippen LogP contribution in [0.25, 0.3) is 0 Å². The van der Waals surface area contributed by atoms with Crippen LogP contribution in [-0.2, 0) is 0 Å². The zero-order valence-electron chi connectivity index (χ0n) is 10.4. The standard InChI is InChI=1S/C14H19NO2/c1-14(2)8-4-7-12(14)15-13(17)10-5-3-6-11(16)9-10/h3,5-6,9,12,16H,4,7-8H2,1-2H3,(H,15,17). The van der Waals surface area contributed by atoms with Crippen molar-refractivity contribution < 1.29 is 9.90 Å². The summed E-state index contributed by atoms with van der Waals surface area (Å²) in [4.78, 5) is 12.0. The quantitative estimate of drug-likeness (QED) is 0.825. The van der Waals surface area contributed by atoms with Gasteiger partial charge in [0.25, 0.3) is 5.91 Å². The van der Waals surface area contributed by atoms with Gasteiger partial charge in [-0.1, -0.05) is 26.3 Å². The van der Waals surface area contributed by atoms with Gasteiger partial charge in [-0.2, -0.15) is 0 Å². The van der Waals surface area contributed by atoms with Crippen molar-refractivity contribution in [2.45, 2.75) is 39.2 Å². The highest BCUT2D eigenvalue weighted by Gasteiger charge is 2.35. The summed E-state index contributed by atoms with van der Waals surface area (Å²) in [7, 11) is 0. The number of benzene rings is 1. The van der Waals surface area contributed by atoms with E-state index in [2.05, 4.69) is 19.2 Å². The number of carbonyl (C=O) groups excluding carboxylic acids is 1. The molecule has 0 heterocycles. The summed E-state index contributed by atoms with van der Waals surface area (Å²) >= 11 is 0. The Bertz CT molecular complexity index is 426. The zero-order chi connectivity index (χ0) is 12.5. The fourth-order valence-corrected chi connectivity index (χ4v) is 2.48. The van der Waals surface area contributed by atoms with Crippen LogP contribution in [0.3, 0.4) is 0 Å². The van der Waals surface area contributed by atoms with Gasteiger partial charge in [-0.3, -0.25) is 4.79 Å². The molecule has 0 aromatic heterocycles. The molecule has 1 saturated carbocycles. The number of hydrogen-bond acceptors (Lipinski definition) is 2. The van der Waals surface area contributed by atoms with Crippen LogP contribution in [0.5, 0.6) is 5.75 Å². The van der Waals surface area contributed by atoms with Crippen LogP contribution in [0.1, 0.15) is 43.5 Å². The molecule has 1 aromatic carbocycles. The molecule has 0 spiro atoms. The third-order valence-electron chi connectivity index (χ3n) is 3.67. The molecule has 1 aromatic rings. The average molecular weight is 233 g/mol. The molecule has 1 aliphatic rings. The SMILES string of the molecule is CC1(C)CCCC1NC(=O)c1cccc(O)c1. The topological polar surface area (TPSA) is 49.3 Å². The van der Waals surface area contributed by atoms with Gasteiger partial charge in [-0.15, -0.1) is 0 Å². The minimum absolute atomic E-state index is 0.0964. The van der Waals surface area contributed by atoms with E-state index in [4.69, 9.17) is 0 Å². The molecule has 1 atom stereocenters. The molecule has 2 N–H and O–H groups in total. The van der Waals surface area contributed by atoms with E-state index in [0.717, 1.165) is 19.3 Å². The summed E-state index contributed by atoms with van der Waals surface area (Å²) in [5.74, 6) is 0.0317. The second-order valence-corrected chi connectivity index (χ2v) is 5.46. The van der Waals surface area contributed by atoms with E-state index >= 15 is 0 Å². The van der Waals surface area contributed by atoms with Crippen LogP contribution < -0.4 is 5.32 Å². The highest BCUT2D eigenvalue weighted by atomic mass is 16.3. The normalized spacial score (nSPS) is 22.4. The number of nitrogens with one attached hydrogen (secondary N) is 1. The fourth-order valence-electron chi connectivity index (χ4n) is 2.48. The van der Waals surface area contributed by atoms with Crippen molar-refractivity contribution in [3.05, 3.63) is 29.8 Å². The molecule has 2 rings (SSSR count). The Kier molecular flexibility index (Phi) is 3.09. The minimum atomic E-state index is -0.0964. The lowest BCUT2D eigenvalue weighted by Crippen LogP contribution is -2.41. The van der Waals surface area contributed by atoms with Gasteiger partial charge in [0.1, 0.15) is 5.75 Å². The number of phenols is 1. The maximum absolute atomic E-state index is 12.0. The molecule has 3 heteroatoms. The van der Waals surface area contributed by atoms with Gasteiger partial charge in [0.15, 0.2) is 0 Å². The van der Waals surface area contributed by atoms with E-state index in [1.807, 2.05) is 0 Å². The Morgan fingerprint density at radius 2 is 2.24 bits per heavy atom. The fraction of sp³-hybridized carbons (Fsp3) is 0.500. The highest BCUT2D eigenvalue weighted by Crippen LogP contribution is 2.37. The summed E-state index contributed by atoms with van der Waals surface area (Å²) in [5.41, 5.74) is 0.694. The van der Waals surface area contributed by atoms with Crippen LogP contribution >= 0.6 is 0 Å². The predicted molar refractivity (Wildman–Crippen MR) is 67.0 cm³/mol. The van der Waals surface area contributed by atoms with Crippen LogP contribution in [0.4, 0.5) is 0 Å². The molecule has 17 heavy (non-hydrogen) atoms. The van der Waals surface area contributed by atoms with Gasteiger partial charge < -0.3 is 10.4 Å². The van der Waals surface area contributed by atoms with Gasteiger partial charge in [-0.05, 0) is 36.5 Å². The highest BCUT2D eigenvalue weighted by molar-refractivity contribution is 5.94. The monoisotopic (exact) mass is 233 g/mol. The molecule has 1 amide bonds. The Hall–Kier alpha value is -1.51. The predicted octanol–water partition coefficient (Wildman–Crippen LogP) is 2.70. The number of hydrogen-bond donors (Lipinski definition) is 2. The Balaban J connectivity index is 2.07. The maximum atomic E-state index is 12.0. The maximum Gasteiger partial charge on any atom is 0.251 e. The lowest BCUT2D eigenvalue weighted by Gasteiger charge is -2.27. The van der Waals surface area contributed by atoms with E-state index in [9.17, 15) is 9.90 Å². The summed E-state index contributed by atoms with van der Waals surface area (Å²) in [6.45, 7) is 4.38. The first-order chi connectivity index (χ1) is 7.99. The van der Waals surface area contributed by atoms with Gasteiger partial charge in [-0.25, -0.2) is 0 Å². The summed E-state index contributed by atoms with van der Waals surface area (Å²) in [5, 5.41) is 12.4. The lowest BCUT2D eigenvalue weighted by atomic mass is 9.87. The van der Waals surface area contributed by atoms with Crippen LogP contribution in [0, 0.1) is 5.41 Å². The van der Waals surface area contributed by atoms with E-state index in [-0.39, 0.29) is 23.1 Å². The largest absolute Gasteiger partial charge is 0.508 e. The Labute approximate surface area is 102 Å². The van der Waals surface area contributed by atoms with E-state index in [1.54, 1.807) is 18.2 Å². The molecule has 0 aliphatic heterocycles. The van der Waals surface area contributed by atoms with E-state index in [1.165, 1.54) is 6.07 Å². The molecular weight excluding hydrogens is 214 g/mol. The Morgan fingerprint density at radius 1 is 1.47 bits per heavy atom. The molecule has 1 unspecified atom stereocenters. The van der Waals surface area contributed by atoms with Crippen molar-refractivity contribution in [1.29, 1.82) is 0 Å². The van der Waals surface area contributed by atoms with Crippen molar-refractivity contribution >= 4 is 5.91 Å². The second-order valence-electron chi connectivity index (χ2n) is 5.46. The van der Waals surface area contributed by atoms with Crippen molar-refractivity contribution in [3.8, 4) is 5.75 Å². The van der Waals surface area contributed by atoms with Crippen molar-refractivity contribution in [3.63, 3.8) is 0 Å². The van der Waals surface area contributed by atoms with Crippen molar-refractivity contribution in [1.82, 2.24) is 5.32 Å². The minimum Gasteiger partial charge on any atom is -0.508 e. The van der Waals surface area contributed by atoms with E-state index < -0.39 is 0 Å². The molecule has 92 valence electrons. The smallest absolute Gasteiger partial charge is 0.251 e. The van der Waals surface area contributed by atoms with Crippen LogP contribution in [0.15, 0.2) is 24.3 Å². The average Bonchev–Trinajstić information content (AvgIpc) is 2.58. The molecular formula is C14H19NO2. The number of aromatic hydroxyl groups is 1. The van der Waals surface area contributed by atoms with E-state index in [0.29, 0.717) is 5.56 Å². The zero-order valence-corrected chi connectivity index (χ0v) is 10.4. The molecule has 0 saturated heterocycles. The van der Waals surface area contributed by atoms with Gasteiger partial charge in [0.05, 0.1) is 0 Å². The summed E-state index contributed by atoms with van der Waals surface area (Å²) in [6, 6.07) is 6.70. The molecule has 0 radical (unpaired) electrons. The van der Waals surface area contributed by atoms with Crippen molar-refractivity contribution in [2.24, 2.45) is 5.41 Å². The van der Waals surface area contributed by atoms with Crippen LogP contribution in [0.2, 0.25) is 0 Å². The van der Waals surface area contributed by atoms with Crippen molar-refractivity contribution in [2.75, 3.05) is 0 Å². The summed E-state index contributed by atoms with van der Waals surface area (Å²) < 4.78 is 0. The van der Waals surface area contributed by atoms with Gasteiger partial charge in [0.2, 0.25) is 0 Å². The number of rotatable bonds is 2. The first-order valence-electron chi connectivity index (χ1n) is 6.09.